The summed E-state index contributed by atoms with van der Waals surface area (Å²) in [5.41, 5.74) is 2.27. The van der Waals surface area contributed by atoms with Gasteiger partial charge in [0.05, 0.1) is 0 Å². The molecule has 0 aromatic rings. The monoisotopic (exact) mass is 183 g/mol. The summed E-state index contributed by atoms with van der Waals surface area (Å²) in [7, 11) is 0. The highest BCUT2D eigenvalue weighted by Gasteiger charge is 1.80. The van der Waals surface area contributed by atoms with Crippen LogP contribution < -0.4 is 0 Å². The lowest BCUT2D eigenvalue weighted by molar-refractivity contribution is 1.39. The van der Waals surface area contributed by atoms with Crippen molar-refractivity contribution < 1.29 is 0 Å². The van der Waals surface area contributed by atoms with Gasteiger partial charge in [-0.25, -0.2) is 0 Å². The Balaban J connectivity index is -0.000000218. The van der Waals surface area contributed by atoms with Crippen LogP contribution in [0.1, 0.15) is 48.5 Å². The van der Waals surface area contributed by atoms with Gasteiger partial charge in [-0.2, -0.15) is 0 Å². The lowest BCUT2D eigenvalue weighted by atomic mass is 10.2. The van der Waals surface area contributed by atoms with Crippen LogP contribution in [0, 0.1) is 0 Å². The molecule has 0 aliphatic carbocycles. The first kappa shape index (κ1) is 18.0. The van der Waals surface area contributed by atoms with E-state index in [1.54, 1.807) is 6.20 Å². The van der Waals surface area contributed by atoms with Crippen molar-refractivity contribution in [3.63, 3.8) is 0 Å². The molecule has 0 saturated heterocycles. The van der Waals surface area contributed by atoms with Gasteiger partial charge in [0.1, 0.15) is 0 Å². The molecule has 0 aromatic carbocycles. The zero-order valence-electron chi connectivity index (χ0n) is 10.3. The Labute approximate surface area is 84.3 Å². The van der Waals surface area contributed by atoms with Crippen molar-refractivity contribution in [3.05, 3.63) is 24.4 Å². The van der Waals surface area contributed by atoms with Crippen LogP contribution in [0.15, 0.2) is 29.4 Å². The van der Waals surface area contributed by atoms with Gasteiger partial charge >= 0.3 is 0 Å². The number of hydrogen-bond acceptors (Lipinski definition) is 1. The highest BCUT2D eigenvalue weighted by molar-refractivity contribution is 5.93. The fraction of sp³-hybridized carbons (Fsp3) is 0.583. The number of rotatable bonds is 2. The first-order valence-electron chi connectivity index (χ1n) is 4.97. The summed E-state index contributed by atoms with van der Waals surface area (Å²) in [6, 6.07) is 0. The van der Waals surface area contributed by atoms with Gasteiger partial charge in [0.15, 0.2) is 0 Å². The second-order valence-electron chi connectivity index (χ2n) is 2.17. The lowest BCUT2D eigenvalue weighted by Gasteiger charge is -1.88. The summed E-state index contributed by atoms with van der Waals surface area (Å²) in [5, 5.41) is 0. The Bertz CT molecular complexity index is 149. The Morgan fingerprint density at radius 2 is 1.38 bits per heavy atom. The molecule has 0 atom stereocenters. The lowest BCUT2D eigenvalue weighted by Crippen LogP contribution is -1.82. The second kappa shape index (κ2) is 17.3. The molecule has 1 heteroatoms. The zero-order valence-corrected chi connectivity index (χ0v) is 10.3. The first-order chi connectivity index (χ1) is 6.16. The molecule has 0 aliphatic rings. The van der Waals surface area contributed by atoms with Crippen LogP contribution in [-0.4, -0.2) is 5.71 Å². The van der Waals surface area contributed by atoms with Crippen molar-refractivity contribution in [2.45, 2.75) is 48.5 Å². The summed E-state index contributed by atoms with van der Waals surface area (Å²) in [6.45, 7) is 17.5. The van der Waals surface area contributed by atoms with Crippen LogP contribution in [-0.2, 0) is 0 Å². The largest absolute Gasteiger partial charge is 0.262 e. The maximum Gasteiger partial charge on any atom is 0.0371 e. The number of allylic oxidation sites excluding steroid dienone is 2. The third-order valence-electron chi connectivity index (χ3n) is 0.792. The van der Waals surface area contributed by atoms with Crippen LogP contribution in [0.4, 0.5) is 0 Å². The van der Waals surface area contributed by atoms with E-state index in [0.717, 1.165) is 5.71 Å². The molecule has 0 spiro atoms. The van der Waals surface area contributed by atoms with E-state index in [0.29, 0.717) is 0 Å². The minimum Gasteiger partial charge on any atom is -0.262 e. The summed E-state index contributed by atoms with van der Waals surface area (Å²) < 4.78 is 0. The van der Waals surface area contributed by atoms with Crippen molar-refractivity contribution in [3.8, 4) is 0 Å². The van der Waals surface area contributed by atoms with Gasteiger partial charge in [-0.3, -0.25) is 4.99 Å². The van der Waals surface area contributed by atoms with E-state index >= 15 is 0 Å². The van der Waals surface area contributed by atoms with Crippen LogP contribution in [0.2, 0.25) is 0 Å². The molecular weight excluding hydrogens is 158 g/mol. The molecule has 0 saturated carbocycles. The smallest absolute Gasteiger partial charge is 0.0371 e. The predicted octanol–water partition coefficient (Wildman–Crippen LogP) is 4.61. The number of nitrogens with zero attached hydrogens (tertiary/aromatic N) is 1. The van der Waals surface area contributed by atoms with Gasteiger partial charge in [0, 0.05) is 11.9 Å². The molecule has 0 fully saturated rings. The van der Waals surface area contributed by atoms with Crippen molar-refractivity contribution >= 4 is 5.71 Å². The Kier molecular flexibility index (Phi) is 24.0. The third-order valence-corrected chi connectivity index (χ3v) is 0.792. The van der Waals surface area contributed by atoms with E-state index in [9.17, 15) is 0 Å². The average Bonchev–Trinajstić information content (AvgIpc) is 2.10. The standard InChI is InChI=1S/C8H13N.2C2H6/c1-5-9-8(4)6-7(2)3;2*1-2/h5-6H,1H2,2-4H3;2*1-2H3. The maximum atomic E-state index is 3.97. The molecular formula is C12H25N. The van der Waals surface area contributed by atoms with Crippen LogP contribution in [0.25, 0.3) is 0 Å². The van der Waals surface area contributed by atoms with Gasteiger partial charge in [-0.1, -0.05) is 39.8 Å². The summed E-state index contributed by atoms with van der Waals surface area (Å²) in [4.78, 5) is 3.97. The van der Waals surface area contributed by atoms with Crippen molar-refractivity contribution in [1.82, 2.24) is 0 Å². The average molecular weight is 183 g/mol. The van der Waals surface area contributed by atoms with E-state index in [-0.39, 0.29) is 0 Å². The summed E-state index contributed by atoms with van der Waals surface area (Å²) in [5.74, 6) is 0. The van der Waals surface area contributed by atoms with Gasteiger partial charge in [0.2, 0.25) is 0 Å². The zero-order chi connectivity index (χ0) is 11.3. The maximum absolute atomic E-state index is 3.97. The number of hydrogen-bond donors (Lipinski definition) is 0. The summed E-state index contributed by atoms with van der Waals surface area (Å²) in [6.07, 6.45) is 3.57. The van der Waals surface area contributed by atoms with E-state index in [4.69, 9.17) is 0 Å². The van der Waals surface area contributed by atoms with Gasteiger partial charge < -0.3 is 0 Å². The van der Waals surface area contributed by atoms with Crippen LogP contribution >= 0.6 is 0 Å². The molecule has 0 heterocycles. The SMILES string of the molecule is C=CN=C(C)C=C(C)C.CC.CC. The topological polar surface area (TPSA) is 12.4 Å². The quantitative estimate of drug-likeness (QED) is 0.554. The first-order valence-corrected chi connectivity index (χ1v) is 4.97. The van der Waals surface area contributed by atoms with E-state index < -0.39 is 0 Å². The molecule has 0 rings (SSSR count). The second-order valence-corrected chi connectivity index (χ2v) is 2.17. The Hall–Kier alpha value is -0.850. The highest BCUT2D eigenvalue weighted by Crippen LogP contribution is 1.90. The highest BCUT2D eigenvalue weighted by atomic mass is 14.7. The Morgan fingerprint density at radius 1 is 1.00 bits per heavy atom. The molecule has 0 bridgehead atoms. The van der Waals surface area contributed by atoms with Gasteiger partial charge in [0.25, 0.3) is 0 Å². The third kappa shape index (κ3) is 24.7. The van der Waals surface area contributed by atoms with E-state index in [1.165, 1.54) is 5.57 Å². The Morgan fingerprint density at radius 3 is 1.62 bits per heavy atom. The van der Waals surface area contributed by atoms with Gasteiger partial charge in [-0.15, -0.1) is 0 Å². The van der Waals surface area contributed by atoms with Gasteiger partial charge in [-0.05, 0) is 26.8 Å². The molecule has 0 unspecified atom stereocenters. The molecule has 1 nitrogen and oxygen atoms in total. The molecule has 0 N–H and O–H groups in total. The van der Waals surface area contributed by atoms with E-state index in [2.05, 4.69) is 11.6 Å². The van der Waals surface area contributed by atoms with Crippen LogP contribution in [0.3, 0.4) is 0 Å². The molecule has 78 valence electrons. The van der Waals surface area contributed by atoms with E-state index in [1.807, 2.05) is 54.5 Å². The van der Waals surface area contributed by atoms with Crippen molar-refractivity contribution in [2.75, 3.05) is 0 Å². The van der Waals surface area contributed by atoms with Crippen molar-refractivity contribution in [2.24, 2.45) is 4.99 Å². The van der Waals surface area contributed by atoms with Crippen LogP contribution in [0.5, 0.6) is 0 Å². The number of aliphatic imine (C=N–C) groups is 1. The molecule has 0 aromatic heterocycles. The normalized spacial score (nSPS) is 8.38. The minimum absolute atomic E-state index is 1.00. The molecule has 13 heavy (non-hydrogen) atoms. The minimum atomic E-state index is 1.00. The van der Waals surface area contributed by atoms with Crippen molar-refractivity contribution in [1.29, 1.82) is 0 Å². The predicted molar refractivity (Wildman–Crippen MR) is 65.4 cm³/mol. The molecule has 0 amide bonds. The molecule has 0 radical (unpaired) electrons. The fourth-order valence-corrected chi connectivity index (χ4v) is 0.599. The molecule has 0 aliphatic heterocycles. The fourth-order valence-electron chi connectivity index (χ4n) is 0.599. The summed E-state index contributed by atoms with van der Waals surface area (Å²) >= 11 is 0.